The van der Waals surface area contributed by atoms with Crippen LogP contribution in [0.1, 0.15) is 38.5 Å². The highest BCUT2D eigenvalue weighted by atomic mass is 16.5. The molecule has 2 atom stereocenters. The van der Waals surface area contributed by atoms with Crippen LogP contribution in [0.25, 0.3) is 0 Å². The molecule has 2 heterocycles. The van der Waals surface area contributed by atoms with E-state index in [0.29, 0.717) is 24.4 Å². The largest absolute Gasteiger partial charge is 0.375 e. The molecule has 0 aliphatic carbocycles. The van der Waals surface area contributed by atoms with Crippen molar-refractivity contribution < 1.29 is 9.53 Å². The fraction of sp³-hybridized carbons (Fsp3) is 0.750. The molecule has 0 N–H and O–H groups in total. The molecule has 2 aliphatic rings. The van der Waals surface area contributed by atoms with E-state index in [-0.39, 0.29) is 5.92 Å². The second kappa shape index (κ2) is 4.26. The standard InChI is InChI=1S/C12H18O2/c1-2-3-4-12(13)9-7-10-5-6-11(8-9)14-10/h2,9-11H,1,3-8H2. The smallest absolute Gasteiger partial charge is 0.136 e. The topological polar surface area (TPSA) is 26.3 Å². The molecular formula is C12H18O2. The molecule has 2 unspecified atom stereocenters. The van der Waals surface area contributed by atoms with Crippen molar-refractivity contribution in [1.82, 2.24) is 0 Å². The highest BCUT2D eigenvalue weighted by Crippen LogP contribution is 2.36. The number of ether oxygens (including phenoxy) is 1. The van der Waals surface area contributed by atoms with Crippen molar-refractivity contribution in [2.75, 3.05) is 0 Å². The minimum atomic E-state index is 0.279. The lowest BCUT2D eigenvalue weighted by Gasteiger charge is -2.27. The van der Waals surface area contributed by atoms with Crippen molar-refractivity contribution in [3.63, 3.8) is 0 Å². The molecule has 2 heteroatoms. The van der Waals surface area contributed by atoms with Crippen LogP contribution in [0.3, 0.4) is 0 Å². The summed E-state index contributed by atoms with van der Waals surface area (Å²) >= 11 is 0. The Kier molecular flexibility index (Phi) is 3.02. The second-order valence-electron chi connectivity index (χ2n) is 4.42. The van der Waals surface area contributed by atoms with Crippen LogP contribution in [0.15, 0.2) is 12.7 Å². The molecule has 2 bridgehead atoms. The third-order valence-corrected chi connectivity index (χ3v) is 3.34. The lowest BCUT2D eigenvalue weighted by Crippen LogP contribution is -2.29. The zero-order chi connectivity index (χ0) is 9.97. The molecule has 2 nitrogen and oxygen atoms in total. The predicted molar refractivity (Wildman–Crippen MR) is 55.1 cm³/mol. The first kappa shape index (κ1) is 9.91. The van der Waals surface area contributed by atoms with Gasteiger partial charge in [0.1, 0.15) is 5.78 Å². The molecule has 0 amide bonds. The van der Waals surface area contributed by atoms with Gasteiger partial charge < -0.3 is 4.74 Å². The van der Waals surface area contributed by atoms with Crippen molar-refractivity contribution in [3.05, 3.63) is 12.7 Å². The summed E-state index contributed by atoms with van der Waals surface area (Å²) in [6.45, 7) is 3.64. The minimum Gasteiger partial charge on any atom is -0.375 e. The van der Waals surface area contributed by atoms with Crippen LogP contribution in [0.5, 0.6) is 0 Å². The van der Waals surface area contributed by atoms with Gasteiger partial charge >= 0.3 is 0 Å². The van der Waals surface area contributed by atoms with Crippen molar-refractivity contribution >= 4 is 5.78 Å². The van der Waals surface area contributed by atoms with Gasteiger partial charge in [-0.25, -0.2) is 0 Å². The molecule has 0 aromatic rings. The van der Waals surface area contributed by atoms with Gasteiger partial charge in [0.15, 0.2) is 0 Å². The average Bonchev–Trinajstić information content (AvgIpc) is 2.54. The minimum absolute atomic E-state index is 0.279. The van der Waals surface area contributed by atoms with Gasteiger partial charge in [-0.05, 0) is 32.1 Å². The maximum atomic E-state index is 11.8. The van der Waals surface area contributed by atoms with E-state index < -0.39 is 0 Å². The molecule has 78 valence electrons. The second-order valence-corrected chi connectivity index (χ2v) is 4.42. The SMILES string of the molecule is C=CCCC(=O)C1CC2CCC(C1)O2. The van der Waals surface area contributed by atoms with Crippen LogP contribution >= 0.6 is 0 Å². The maximum Gasteiger partial charge on any atom is 0.136 e. The number of hydrogen-bond donors (Lipinski definition) is 0. The quantitative estimate of drug-likeness (QED) is 0.643. The lowest BCUT2D eigenvalue weighted by molar-refractivity contribution is -0.128. The van der Waals surface area contributed by atoms with Crippen LogP contribution in [0.2, 0.25) is 0 Å². The van der Waals surface area contributed by atoms with E-state index in [1.807, 2.05) is 6.08 Å². The maximum absolute atomic E-state index is 11.8. The van der Waals surface area contributed by atoms with Gasteiger partial charge in [-0.2, -0.15) is 0 Å². The van der Waals surface area contributed by atoms with Crippen LogP contribution in [-0.4, -0.2) is 18.0 Å². The van der Waals surface area contributed by atoms with E-state index in [1.165, 1.54) is 0 Å². The number of allylic oxidation sites excluding steroid dienone is 1. The molecule has 14 heavy (non-hydrogen) atoms. The van der Waals surface area contributed by atoms with Crippen LogP contribution in [0.4, 0.5) is 0 Å². The van der Waals surface area contributed by atoms with Gasteiger partial charge in [-0.1, -0.05) is 6.08 Å². The van der Waals surface area contributed by atoms with E-state index >= 15 is 0 Å². The summed E-state index contributed by atoms with van der Waals surface area (Å²) in [4.78, 5) is 11.8. The summed E-state index contributed by atoms with van der Waals surface area (Å²) in [7, 11) is 0. The molecule has 0 radical (unpaired) electrons. The van der Waals surface area contributed by atoms with E-state index in [0.717, 1.165) is 32.1 Å². The number of carbonyl (C=O) groups is 1. The zero-order valence-electron chi connectivity index (χ0n) is 8.58. The first-order chi connectivity index (χ1) is 6.79. The summed E-state index contributed by atoms with van der Waals surface area (Å²) in [5, 5.41) is 0. The molecule has 0 saturated carbocycles. The normalized spacial score (nSPS) is 35.6. The predicted octanol–water partition coefficient (Wildman–Crippen LogP) is 2.48. The van der Waals surface area contributed by atoms with Gasteiger partial charge in [-0.3, -0.25) is 4.79 Å². The fourth-order valence-electron chi connectivity index (χ4n) is 2.57. The molecule has 2 fully saturated rings. The lowest BCUT2D eigenvalue weighted by atomic mass is 9.89. The van der Waals surface area contributed by atoms with Gasteiger partial charge in [0.2, 0.25) is 0 Å². The van der Waals surface area contributed by atoms with E-state index in [1.54, 1.807) is 0 Å². The van der Waals surface area contributed by atoms with E-state index in [9.17, 15) is 4.79 Å². The molecule has 2 saturated heterocycles. The van der Waals surface area contributed by atoms with Crippen molar-refractivity contribution in [3.8, 4) is 0 Å². The number of ketones is 1. The van der Waals surface area contributed by atoms with E-state index in [4.69, 9.17) is 4.74 Å². The zero-order valence-corrected chi connectivity index (χ0v) is 8.58. The molecule has 0 aromatic carbocycles. The van der Waals surface area contributed by atoms with E-state index in [2.05, 4.69) is 6.58 Å². The fourth-order valence-corrected chi connectivity index (χ4v) is 2.57. The number of hydrogen-bond acceptors (Lipinski definition) is 2. The first-order valence-corrected chi connectivity index (χ1v) is 5.58. The van der Waals surface area contributed by atoms with Crippen LogP contribution in [-0.2, 0) is 9.53 Å². The summed E-state index contributed by atoms with van der Waals surface area (Å²) in [6.07, 6.45) is 8.34. The van der Waals surface area contributed by atoms with Gasteiger partial charge in [-0.15, -0.1) is 6.58 Å². The van der Waals surface area contributed by atoms with Crippen molar-refractivity contribution in [2.24, 2.45) is 5.92 Å². The number of Topliss-reactive ketones (excluding diaryl/α,β-unsaturated/α-hetero) is 1. The summed E-state index contributed by atoms with van der Waals surface area (Å²) < 4.78 is 5.71. The summed E-state index contributed by atoms with van der Waals surface area (Å²) in [5.74, 6) is 0.700. The van der Waals surface area contributed by atoms with Gasteiger partial charge in [0, 0.05) is 12.3 Å². The highest BCUT2D eigenvalue weighted by Gasteiger charge is 2.37. The summed E-state index contributed by atoms with van der Waals surface area (Å²) in [5.41, 5.74) is 0. The molecular weight excluding hydrogens is 176 g/mol. The summed E-state index contributed by atoms with van der Waals surface area (Å²) in [6, 6.07) is 0. The van der Waals surface area contributed by atoms with Gasteiger partial charge in [0.25, 0.3) is 0 Å². The first-order valence-electron chi connectivity index (χ1n) is 5.58. The Labute approximate surface area is 85.3 Å². The van der Waals surface area contributed by atoms with Crippen LogP contribution < -0.4 is 0 Å². The Balaban J connectivity index is 1.86. The highest BCUT2D eigenvalue weighted by molar-refractivity contribution is 5.81. The Hall–Kier alpha value is -0.630. The van der Waals surface area contributed by atoms with Crippen molar-refractivity contribution in [2.45, 2.75) is 50.7 Å². The van der Waals surface area contributed by atoms with Crippen molar-refractivity contribution in [1.29, 1.82) is 0 Å². The third-order valence-electron chi connectivity index (χ3n) is 3.34. The monoisotopic (exact) mass is 194 g/mol. The number of carbonyl (C=O) groups excluding carboxylic acids is 1. The van der Waals surface area contributed by atoms with Gasteiger partial charge in [0.05, 0.1) is 12.2 Å². The average molecular weight is 194 g/mol. The Bertz CT molecular complexity index is 222. The third kappa shape index (κ3) is 2.06. The number of rotatable bonds is 4. The molecule has 0 aromatic heterocycles. The Morgan fingerprint density at radius 3 is 2.57 bits per heavy atom. The van der Waals surface area contributed by atoms with Crippen LogP contribution in [0, 0.1) is 5.92 Å². The molecule has 2 aliphatic heterocycles. The molecule has 0 spiro atoms. The Morgan fingerprint density at radius 2 is 2.00 bits per heavy atom. The number of fused-ring (bicyclic) bond motifs is 2. The Morgan fingerprint density at radius 1 is 1.36 bits per heavy atom. The molecule has 2 rings (SSSR count).